The molecule has 1 heterocycles. The molecule has 0 saturated heterocycles. The third-order valence-electron chi connectivity index (χ3n) is 1.80. The Labute approximate surface area is 75.2 Å². The number of carbonyl (C=O) groups is 1. The van der Waals surface area contributed by atoms with Gasteiger partial charge in [-0.2, -0.15) is 0 Å². The highest BCUT2D eigenvalue weighted by Gasteiger charge is 2.15. The van der Waals surface area contributed by atoms with Gasteiger partial charge in [-0.25, -0.2) is 4.98 Å². The summed E-state index contributed by atoms with van der Waals surface area (Å²) in [6.45, 7) is 1.68. The van der Waals surface area contributed by atoms with Gasteiger partial charge in [-0.3, -0.25) is 4.79 Å². The lowest BCUT2D eigenvalue weighted by atomic mass is 10.3. The maximum atomic E-state index is 10.7. The number of primary amides is 1. The molecule has 1 amide bonds. The van der Waals surface area contributed by atoms with Crippen molar-refractivity contribution in [3.63, 3.8) is 0 Å². The molecule has 13 heavy (non-hydrogen) atoms. The van der Waals surface area contributed by atoms with Gasteiger partial charge in [0.25, 0.3) is 5.91 Å². The molecule has 0 aliphatic rings. The summed E-state index contributed by atoms with van der Waals surface area (Å²) in [5.74, 6) is -0.476. The monoisotopic (exact) mass is 184 g/mol. The average molecular weight is 184 g/mol. The molecule has 0 aromatic carbocycles. The molecule has 1 rings (SSSR count). The number of aromatic nitrogens is 2. The number of anilines is 1. The van der Waals surface area contributed by atoms with Crippen molar-refractivity contribution in [1.29, 1.82) is 0 Å². The van der Waals surface area contributed by atoms with E-state index in [1.54, 1.807) is 6.92 Å². The third kappa shape index (κ3) is 1.62. The number of imidazole rings is 1. The summed E-state index contributed by atoms with van der Waals surface area (Å²) in [4.78, 5) is 14.5. The largest absolute Gasteiger partial charge is 0.394 e. The number of carbonyl (C=O) groups excluding carboxylic acids is 1. The van der Waals surface area contributed by atoms with Crippen LogP contribution >= 0.6 is 0 Å². The number of nitrogens with zero attached hydrogens (tertiary/aromatic N) is 2. The van der Waals surface area contributed by atoms with Crippen LogP contribution in [0.2, 0.25) is 0 Å². The Morgan fingerprint density at radius 3 is 2.85 bits per heavy atom. The van der Waals surface area contributed by atoms with Crippen LogP contribution in [0.3, 0.4) is 0 Å². The van der Waals surface area contributed by atoms with E-state index in [-0.39, 0.29) is 24.2 Å². The number of rotatable bonds is 3. The molecule has 0 bridgehead atoms. The Hall–Kier alpha value is -1.56. The topological polar surface area (TPSA) is 107 Å². The van der Waals surface area contributed by atoms with E-state index in [0.29, 0.717) is 0 Å². The molecule has 0 aliphatic heterocycles. The predicted octanol–water partition coefficient (Wildman–Crippen LogP) is -0.883. The summed E-state index contributed by atoms with van der Waals surface area (Å²) >= 11 is 0. The zero-order valence-electron chi connectivity index (χ0n) is 7.27. The number of hydrogen-bond donors (Lipinski definition) is 3. The predicted molar refractivity (Wildman–Crippen MR) is 47.0 cm³/mol. The van der Waals surface area contributed by atoms with Crippen LogP contribution in [0.15, 0.2) is 6.33 Å². The van der Waals surface area contributed by atoms with Crippen LogP contribution in [-0.4, -0.2) is 27.2 Å². The zero-order chi connectivity index (χ0) is 10.0. The standard InChI is InChI=1S/C7H12N4O2/c1-4(2-12)11-3-10-5(6(11)8)7(9)13/h3-4,12H,2,8H2,1H3,(H2,9,13). The van der Waals surface area contributed by atoms with E-state index >= 15 is 0 Å². The van der Waals surface area contributed by atoms with Crippen LogP contribution < -0.4 is 11.5 Å². The summed E-state index contributed by atoms with van der Waals surface area (Å²) < 4.78 is 1.50. The van der Waals surface area contributed by atoms with E-state index in [2.05, 4.69) is 4.98 Å². The van der Waals surface area contributed by atoms with Crippen molar-refractivity contribution in [3.05, 3.63) is 12.0 Å². The van der Waals surface area contributed by atoms with Gasteiger partial charge in [0.15, 0.2) is 5.69 Å². The Kier molecular flexibility index (Phi) is 2.52. The van der Waals surface area contributed by atoms with Crippen molar-refractivity contribution >= 4 is 11.7 Å². The fraction of sp³-hybridized carbons (Fsp3) is 0.429. The van der Waals surface area contributed by atoms with Crippen LogP contribution in [0.4, 0.5) is 5.82 Å². The number of nitrogens with two attached hydrogens (primary N) is 2. The minimum atomic E-state index is -0.665. The first kappa shape index (κ1) is 9.53. The second kappa shape index (κ2) is 3.44. The Morgan fingerprint density at radius 2 is 2.46 bits per heavy atom. The van der Waals surface area contributed by atoms with Gasteiger partial charge in [-0.05, 0) is 6.92 Å². The molecule has 5 N–H and O–H groups in total. The van der Waals surface area contributed by atoms with Crippen molar-refractivity contribution in [3.8, 4) is 0 Å². The van der Waals surface area contributed by atoms with Crippen molar-refractivity contribution in [1.82, 2.24) is 9.55 Å². The van der Waals surface area contributed by atoms with Gasteiger partial charge in [-0.15, -0.1) is 0 Å². The number of aliphatic hydroxyl groups is 1. The molecule has 0 aliphatic carbocycles. The van der Waals surface area contributed by atoms with Crippen molar-refractivity contribution in [2.75, 3.05) is 12.3 Å². The molecule has 6 nitrogen and oxygen atoms in total. The van der Waals surface area contributed by atoms with Gasteiger partial charge in [0.05, 0.1) is 19.0 Å². The highest BCUT2D eigenvalue weighted by molar-refractivity contribution is 5.95. The van der Waals surface area contributed by atoms with Gasteiger partial charge in [-0.1, -0.05) is 0 Å². The number of amides is 1. The van der Waals surface area contributed by atoms with E-state index in [0.717, 1.165) is 0 Å². The van der Waals surface area contributed by atoms with Crippen LogP contribution in [0.25, 0.3) is 0 Å². The Bertz CT molecular complexity index is 320. The SMILES string of the molecule is CC(CO)n1cnc(C(N)=O)c1N. The first-order valence-electron chi connectivity index (χ1n) is 3.81. The highest BCUT2D eigenvalue weighted by atomic mass is 16.3. The molecule has 1 atom stereocenters. The van der Waals surface area contributed by atoms with Crippen molar-refractivity contribution in [2.45, 2.75) is 13.0 Å². The molecule has 1 aromatic rings. The van der Waals surface area contributed by atoms with Crippen LogP contribution in [0.1, 0.15) is 23.5 Å². The first-order chi connectivity index (χ1) is 6.07. The van der Waals surface area contributed by atoms with Crippen molar-refractivity contribution in [2.24, 2.45) is 5.73 Å². The van der Waals surface area contributed by atoms with Gasteiger partial charge < -0.3 is 21.1 Å². The minimum absolute atomic E-state index is 0.0419. The molecule has 1 aromatic heterocycles. The molecule has 6 heteroatoms. The lowest BCUT2D eigenvalue weighted by molar-refractivity contribution is 0.0997. The second-order valence-electron chi connectivity index (χ2n) is 2.78. The molecule has 0 radical (unpaired) electrons. The maximum Gasteiger partial charge on any atom is 0.271 e. The first-order valence-corrected chi connectivity index (χ1v) is 3.81. The molecular formula is C7H12N4O2. The molecule has 72 valence electrons. The lowest BCUT2D eigenvalue weighted by Crippen LogP contribution is -2.16. The summed E-state index contributed by atoms with van der Waals surface area (Å²) in [7, 11) is 0. The van der Waals surface area contributed by atoms with E-state index in [4.69, 9.17) is 16.6 Å². The van der Waals surface area contributed by atoms with Gasteiger partial charge in [0, 0.05) is 0 Å². The highest BCUT2D eigenvalue weighted by Crippen LogP contribution is 2.15. The van der Waals surface area contributed by atoms with E-state index in [9.17, 15) is 4.79 Å². The summed E-state index contributed by atoms with van der Waals surface area (Å²) in [6, 6.07) is -0.208. The van der Waals surface area contributed by atoms with Gasteiger partial charge in [0.2, 0.25) is 0 Å². The maximum absolute atomic E-state index is 10.7. The van der Waals surface area contributed by atoms with Crippen LogP contribution in [-0.2, 0) is 0 Å². The minimum Gasteiger partial charge on any atom is -0.394 e. The summed E-state index contributed by atoms with van der Waals surface area (Å²) in [5, 5.41) is 8.84. The normalized spacial score (nSPS) is 12.8. The van der Waals surface area contributed by atoms with E-state index in [1.165, 1.54) is 10.9 Å². The average Bonchev–Trinajstić information content (AvgIpc) is 2.46. The number of aliphatic hydroxyl groups excluding tert-OH is 1. The fourth-order valence-corrected chi connectivity index (χ4v) is 1.000. The molecule has 0 fully saturated rings. The zero-order valence-corrected chi connectivity index (χ0v) is 7.27. The Balaban J connectivity index is 3.06. The van der Waals surface area contributed by atoms with Gasteiger partial charge >= 0.3 is 0 Å². The van der Waals surface area contributed by atoms with Crippen LogP contribution in [0, 0.1) is 0 Å². The summed E-state index contributed by atoms with van der Waals surface area (Å²) in [5.41, 5.74) is 10.6. The molecule has 0 saturated carbocycles. The molecule has 1 unspecified atom stereocenters. The number of nitrogen functional groups attached to an aromatic ring is 1. The third-order valence-corrected chi connectivity index (χ3v) is 1.80. The molecular weight excluding hydrogens is 172 g/mol. The Morgan fingerprint density at radius 1 is 1.85 bits per heavy atom. The number of hydrogen-bond acceptors (Lipinski definition) is 4. The quantitative estimate of drug-likeness (QED) is 0.566. The lowest BCUT2D eigenvalue weighted by Gasteiger charge is -2.10. The fourth-order valence-electron chi connectivity index (χ4n) is 1.000. The second-order valence-corrected chi connectivity index (χ2v) is 2.78. The smallest absolute Gasteiger partial charge is 0.271 e. The van der Waals surface area contributed by atoms with Crippen LogP contribution in [0.5, 0.6) is 0 Å². The van der Waals surface area contributed by atoms with Gasteiger partial charge in [0.1, 0.15) is 5.82 Å². The van der Waals surface area contributed by atoms with E-state index in [1.807, 2.05) is 0 Å². The van der Waals surface area contributed by atoms with E-state index < -0.39 is 5.91 Å². The summed E-state index contributed by atoms with van der Waals surface area (Å²) in [6.07, 6.45) is 1.39. The molecule has 0 spiro atoms. The van der Waals surface area contributed by atoms with Crippen molar-refractivity contribution < 1.29 is 9.90 Å².